The van der Waals surface area contributed by atoms with Crippen LogP contribution in [0.5, 0.6) is 5.75 Å². The summed E-state index contributed by atoms with van der Waals surface area (Å²) in [4.78, 5) is 30.6. The summed E-state index contributed by atoms with van der Waals surface area (Å²) < 4.78 is 1.05. The van der Waals surface area contributed by atoms with Crippen LogP contribution in [-0.4, -0.2) is 30.0 Å². The summed E-state index contributed by atoms with van der Waals surface area (Å²) in [7, 11) is 0. The standard InChI is InChI=1S/C20H20IN3O3/c1-3-23(4-2)27-17-11-5-14(6-12-17)13-18-19(25)22-24(20(18)26)16-9-7-15(21)8-10-16/h5-13H,3-4H2,1-2H3,(H,22,25)/b18-13-. The zero-order valence-electron chi connectivity index (χ0n) is 15.1. The van der Waals surface area contributed by atoms with Gasteiger partial charge in [-0.2, -0.15) is 0 Å². The first-order valence-corrected chi connectivity index (χ1v) is 9.75. The van der Waals surface area contributed by atoms with E-state index in [2.05, 4.69) is 28.0 Å². The molecule has 0 atom stereocenters. The van der Waals surface area contributed by atoms with Crippen LogP contribution in [0.25, 0.3) is 6.08 Å². The number of hydroxylamine groups is 2. The first-order chi connectivity index (χ1) is 13.0. The third-order valence-corrected chi connectivity index (χ3v) is 4.83. The van der Waals surface area contributed by atoms with Gasteiger partial charge in [0.05, 0.1) is 5.69 Å². The number of carbonyl (C=O) groups is 2. The molecule has 0 aromatic heterocycles. The van der Waals surface area contributed by atoms with Crippen LogP contribution in [0.2, 0.25) is 0 Å². The average molecular weight is 477 g/mol. The van der Waals surface area contributed by atoms with E-state index in [1.54, 1.807) is 18.2 Å². The predicted molar refractivity (Wildman–Crippen MR) is 113 cm³/mol. The molecule has 0 spiro atoms. The molecule has 0 radical (unpaired) electrons. The van der Waals surface area contributed by atoms with E-state index in [-0.39, 0.29) is 11.5 Å². The van der Waals surface area contributed by atoms with Gasteiger partial charge in [0.25, 0.3) is 11.8 Å². The quantitative estimate of drug-likeness (QED) is 0.300. The Labute approximate surface area is 171 Å². The van der Waals surface area contributed by atoms with E-state index in [0.29, 0.717) is 11.4 Å². The number of benzene rings is 2. The third kappa shape index (κ3) is 4.48. The lowest BCUT2D eigenvalue weighted by atomic mass is 10.1. The van der Waals surface area contributed by atoms with Gasteiger partial charge in [0.2, 0.25) is 0 Å². The van der Waals surface area contributed by atoms with Crippen molar-refractivity contribution in [1.82, 2.24) is 10.5 Å². The number of nitrogens with one attached hydrogen (secondary N) is 1. The molecule has 2 aromatic rings. The van der Waals surface area contributed by atoms with Gasteiger partial charge in [-0.25, -0.2) is 5.01 Å². The number of anilines is 1. The fourth-order valence-electron chi connectivity index (χ4n) is 2.62. The van der Waals surface area contributed by atoms with Gasteiger partial charge in [-0.15, -0.1) is 5.06 Å². The van der Waals surface area contributed by atoms with Gasteiger partial charge in [-0.3, -0.25) is 15.0 Å². The number of halogens is 1. The van der Waals surface area contributed by atoms with Crippen molar-refractivity contribution < 1.29 is 14.4 Å². The molecule has 2 amide bonds. The minimum absolute atomic E-state index is 0.103. The van der Waals surface area contributed by atoms with Crippen LogP contribution in [0, 0.1) is 3.57 Å². The smallest absolute Gasteiger partial charge is 0.282 e. The maximum Gasteiger partial charge on any atom is 0.282 e. The van der Waals surface area contributed by atoms with Crippen LogP contribution >= 0.6 is 22.6 Å². The molecule has 0 aliphatic carbocycles. The summed E-state index contributed by atoms with van der Waals surface area (Å²) in [6.07, 6.45) is 1.59. The maximum atomic E-state index is 12.6. The van der Waals surface area contributed by atoms with Crippen LogP contribution in [0.4, 0.5) is 5.69 Å². The fraction of sp³-hybridized carbons (Fsp3) is 0.200. The van der Waals surface area contributed by atoms with Gasteiger partial charge in [-0.05, 0) is 84.5 Å². The number of hydrogen-bond acceptors (Lipinski definition) is 4. The van der Waals surface area contributed by atoms with E-state index in [0.717, 1.165) is 22.2 Å². The monoisotopic (exact) mass is 477 g/mol. The Hall–Kier alpha value is -2.39. The van der Waals surface area contributed by atoms with Crippen molar-refractivity contribution in [2.45, 2.75) is 13.8 Å². The van der Waals surface area contributed by atoms with E-state index in [4.69, 9.17) is 4.84 Å². The Morgan fingerprint density at radius 3 is 2.26 bits per heavy atom. The SMILES string of the molecule is CCN(CC)Oc1ccc(/C=C2/C(=O)NN(c3ccc(I)cc3)C2=O)cc1. The summed E-state index contributed by atoms with van der Waals surface area (Å²) in [5, 5.41) is 3.10. The first-order valence-electron chi connectivity index (χ1n) is 8.67. The highest BCUT2D eigenvalue weighted by Crippen LogP contribution is 2.23. The number of nitrogens with zero attached hydrogens (tertiary/aromatic N) is 2. The molecule has 140 valence electrons. The molecule has 6 nitrogen and oxygen atoms in total. The van der Waals surface area contributed by atoms with Crippen molar-refractivity contribution in [3.8, 4) is 5.75 Å². The number of amides is 2. The highest BCUT2D eigenvalue weighted by molar-refractivity contribution is 14.1. The van der Waals surface area contributed by atoms with Crippen molar-refractivity contribution in [2.24, 2.45) is 0 Å². The number of hydrazine groups is 1. The molecule has 0 bridgehead atoms. The van der Waals surface area contributed by atoms with Crippen molar-refractivity contribution in [3.05, 3.63) is 63.2 Å². The molecule has 2 aromatic carbocycles. The van der Waals surface area contributed by atoms with Crippen LogP contribution in [0.15, 0.2) is 54.1 Å². The van der Waals surface area contributed by atoms with Crippen LogP contribution in [0.1, 0.15) is 19.4 Å². The Morgan fingerprint density at radius 2 is 1.67 bits per heavy atom. The van der Waals surface area contributed by atoms with Gasteiger partial charge < -0.3 is 4.84 Å². The molecule has 0 saturated carbocycles. The van der Waals surface area contributed by atoms with E-state index < -0.39 is 5.91 Å². The van der Waals surface area contributed by atoms with Gasteiger partial charge in [0, 0.05) is 16.7 Å². The minimum Gasteiger partial charge on any atom is -0.406 e. The maximum absolute atomic E-state index is 12.6. The molecule has 1 fully saturated rings. The van der Waals surface area contributed by atoms with Gasteiger partial charge >= 0.3 is 0 Å². The van der Waals surface area contributed by atoms with Gasteiger partial charge in [0.15, 0.2) is 0 Å². The summed E-state index contributed by atoms with van der Waals surface area (Å²) in [5.74, 6) is -0.0738. The minimum atomic E-state index is -0.415. The molecule has 27 heavy (non-hydrogen) atoms. The summed E-state index contributed by atoms with van der Waals surface area (Å²) >= 11 is 2.19. The second kappa shape index (κ2) is 8.53. The molecule has 1 heterocycles. The second-order valence-corrected chi connectivity index (χ2v) is 7.14. The van der Waals surface area contributed by atoms with E-state index in [1.165, 1.54) is 5.01 Å². The van der Waals surface area contributed by atoms with E-state index in [9.17, 15) is 9.59 Å². The molecular weight excluding hydrogens is 457 g/mol. The Balaban J connectivity index is 1.77. The Morgan fingerprint density at radius 1 is 1.04 bits per heavy atom. The van der Waals surface area contributed by atoms with Crippen molar-refractivity contribution in [1.29, 1.82) is 0 Å². The molecule has 3 rings (SSSR count). The van der Waals surface area contributed by atoms with Crippen molar-refractivity contribution in [2.75, 3.05) is 18.1 Å². The first kappa shape index (κ1) is 19.4. The summed E-state index contributed by atoms with van der Waals surface area (Å²) in [6.45, 7) is 5.61. The van der Waals surface area contributed by atoms with Crippen molar-refractivity contribution >= 4 is 46.2 Å². The zero-order valence-corrected chi connectivity index (χ0v) is 17.3. The highest BCUT2D eigenvalue weighted by atomic mass is 127. The summed E-state index contributed by atoms with van der Waals surface area (Å²) in [5.41, 5.74) is 4.09. The Bertz CT molecular complexity index is 859. The third-order valence-electron chi connectivity index (χ3n) is 4.11. The van der Waals surface area contributed by atoms with Gasteiger partial charge in [0.1, 0.15) is 11.3 Å². The second-order valence-electron chi connectivity index (χ2n) is 5.89. The molecule has 0 unspecified atom stereocenters. The largest absolute Gasteiger partial charge is 0.406 e. The molecular formula is C20H20IN3O3. The van der Waals surface area contributed by atoms with Crippen LogP contribution in [-0.2, 0) is 9.59 Å². The number of rotatable bonds is 6. The number of carbonyl (C=O) groups excluding carboxylic acids is 2. The number of hydrogen-bond donors (Lipinski definition) is 1. The lowest BCUT2D eigenvalue weighted by molar-refractivity contribution is -0.117. The summed E-state index contributed by atoms with van der Waals surface area (Å²) in [6, 6.07) is 14.6. The van der Waals surface area contributed by atoms with E-state index >= 15 is 0 Å². The zero-order chi connectivity index (χ0) is 19.4. The molecule has 1 saturated heterocycles. The van der Waals surface area contributed by atoms with Crippen LogP contribution < -0.4 is 15.3 Å². The average Bonchev–Trinajstić information content (AvgIpc) is 2.96. The highest BCUT2D eigenvalue weighted by Gasteiger charge is 2.34. The topological polar surface area (TPSA) is 61.9 Å². The molecule has 1 aliphatic rings. The Kier molecular flexibility index (Phi) is 6.12. The fourth-order valence-corrected chi connectivity index (χ4v) is 2.98. The lowest BCUT2D eigenvalue weighted by Gasteiger charge is -2.18. The van der Waals surface area contributed by atoms with Gasteiger partial charge in [-0.1, -0.05) is 12.1 Å². The van der Waals surface area contributed by atoms with E-state index in [1.807, 2.05) is 55.3 Å². The predicted octanol–water partition coefficient (Wildman–Crippen LogP) is 3.39. The molecule has 1 aliphatic heterocycles. The molecule has 7 heteroatoms. The van der Waals surface area contributed by atoms with Crippen molar-refractivity contribution in [3.63, 3.8) is 0 Å². The van der Waals surface area contributed by atoms with Crippen LogP contribution in [0.3, 0.4) is 0 Å². The lowest BCUT2D eigenvalue weighted by Crippen LogP contribution is -2.35. The normalized spacial score (nSPS) is 15.6. The molecule has 1 N–H and O–H groups in total.